The Labute approximate surface area is 173 Å². The second-order valence-corrected chi connectivity index (χ2v) is 7.53. The number of likely N-dealkylation sites (tertiary alicyclic amines) is 1. The van der Waals surface area contributed by atoms with Gasteiger partial charge in [0, 0.05) is 25.2 Å². The zero-order chi connectivity index (χ0) is 21.6. The van der Waals surface area contributed by atoms with E-state index in [0.717, 1.165) is 0 Å². The number of carbonyl (C=O) groups excluding carboxylic acids is 3. The number of amides is 3. The molecule has 0 radical (unpaired) electrons. The van der Waals surface area contributed by atoms with Gasteiger partial charge in [-0.3, -0.25) is 14.4 Å². The summed E-state index contributed by atoms with van der Waals surface area (Å²) in [6.45, 7) is 4.29. The molecule has 0 bridgehead atoms. The van der Waals surface area contributed by atoms with Crippen LogP contribution in [0.25, 0.3) is 0 Å². The van der Waals surface area contributed by atoms with Crippen molar-refractivity contribution in [3.05, 3.63) is 28.2 Å². The van der Waals surface area contributed by atoms with Gasteiger partial charge in [-0.1, -0.05) is 0 Å². The van der Waals surface area contributed by atoms with Crippen molar-refractivity contribution < 1.29 is 19.1 Å². The molecule has 0 aliphatic carbocycles. The normalized spacial score (nSPS) is 19.0. The van der Waals surface area contributed by atoms with Crippen LogP contribution in [-0.4, -0.2) is 77.4 Å². The van der Waals surface area contributed by atoms with Gasteiger partial charge in [-0.2, -0.15) is 5.10 Å². The van der Waals surface area contributed by atoms with E-state index in [2.05, 4.69) is 26.1 Å². The number of ether oxygens (including phenoxy) is 1. The molecule has 11 nitrogen and oxygen atoms in total. The van der Waals surface area contributed by atoms with E-state index in [1.165, 1.54) is 12.1 Å². The van der Waals surface area contributed by atoms with Gasteiger partial charge in [0.1, 0.15) is 11.2 Å². The zero-order valence-corrected chi connectivity index (χ0v) is 17.0. The Balaban J connectivity index is 1.63. The Morgan fingerprint density at radius 3 is 2.53 bits per heavy atom. The second kappa shape index (κ2) is 9.70. The number of nitrogens with zero attached hydrogens (tertiary/aromatic N) is 2. The lowest BCUT2D eigenvalue weighted by Gasteiger charge is -2.39. The van der Waals surface area contributed by atoms with Crippen molar-refractivity contribution in [1.82, 2.24) is 31.0 Å². The second-order valence-electron chi connectivity index (χ2n) is 7.53. The average Bonchev–Trinajstić information content (AvgIpc) is 2.75. The van der Waals surface area contributed by atoms with Gasteiger partial charge in [0.25, 0.3) is 11.5 Å². The monoisotopic (exact) mass is 420 g/mol. The minimum atomic E-state index is -1.06. The lowest BCUT2D eigenvalue weighted by molar-refractivity contribution is -0.129. The van der Waals surface area contributed by atoms with Crippen LogP contribution in [0.15, 0.2) is 16.9 Å². The molecule has 3 amide bonds. The Kier molecular flexibility index (Phi) is 7.03. The van der Waals surface area contributed by atoms with Crippen LogP contribution in [0.1, 0.15) is 43.1 Å². The highest BCUT2D eigenvalue weighted by Crippen LogP contribution is 2.21. The summed E-state index contributed by atoms with van der Waals surface area (Å²) >= 11 is 0. The van der Waals surface area contributed by atoms with Gasteiger partial charge in [-0.15, -0.1) is 0 Å². The van der Waals surface area contributed by atoms with Crippen molar-refractivity contribution in [2.75, 3.05) is 32.8 Å². The number of carbonyl (C=O) groups is 3. The first-order valence-electron chi connectivity index (χ1n) is 10.2. The molecule has 164 valence electrons. The van der Waals surface area contributed by atoms with Gasteiger partial charge in [-0.05, 0) is 51.8 Å². The van der Waals surface area contributed by atoms with E-state index in [4.69, 9.17) is 4.74 Å². The number of aromatic nitrogens is 2. The van der Waals surface area contributed by atoms with Crippen LogP contribution >= 0.6 is 0 Å². The molecule has 0 unspecified atom stereocenters. The minimum Gasteiger partial charge on any atom is -0.450 e. The fourth-order valence-electron chi connectivity index (χ4n) is 3.76. The number of aromatic amines is 1. The summed E-state index contributed by atoms with van der Waals surface area (Å²) in [5, 5.41) is 15.1. The van der Waals surface area contributed by atoms with Crippen LogP contribution < -0.4 is 21.5 Å². The molecular formula is C19H28N6O5. The topological polar surface area (TPSA) is 146 Å². The number of nitrogens with one attached hydrogen (secondary N) is 4. The predicted molar refractivity (Wildman–Crippen MR) is 107 cm³/mol. The predicted octanol–water partition coefficient (Wildman–Crippen LogP) is -0.641. The maximum absolute atomic E-state index is 13.2. The van der Waals surface area contributed by atoms with Gasteiger partial charge in [0.2, 0.25) is 5.91 Å². The molecule has 2 aliphatic heterocycles. The molecule has 30 heavy (non-hydrogen) atoms. The summed E-state index contributed by atoms with van der Waals surface area (Å²) in [7, 11) is 0. The van der Waals surface area contributed by atoms with Gasteiger partial charge >= 0.3 is 6.09 Å². The van der Waals surface area contributed by atoms with Crippen LogP contribution in [0.5, 0.6) is 0 Å². The van der Waals surface area contributed by atoms with E-state index in [0.29, 0.717) is 58.5 Å². The Bertz CT molecular complexity index is 806. The molecule has 0 spiro atoms. The average molecular weight is 420 g/mol. The largest absolute Gasteiger partial charge is 0.450 e. The van der Waals surface area contributed by atoms with E-state index in [1.54, 1.807) is 11.8 Å². The molecule has 3 rings (SSSR count). The molecule has 0 saturated carbocycles. The van der Waals surface area contributed by atoms with Crippen molar-refractivity contribution in [2.45, 2.75) is 44.2 Å². The SMILES string of the molecule is CCOC(=O)N1CCC(NC(=O)C2(NC(=O)c3ccc(=O)[nH]n3)CCNCC2)CC1. The fraction of sp³-hybridized carbons (Fsp3) is 0.632. The minimum absolute atomic E-state index is 0.0445. The van der Waals surface area contributed by atoms with Crippen LogP contribution in [0.2, 0.25) is 0 Å². The highest BCUT2D eigenvalue weighted by Gasteiger charge is 2.42. The van der Waals surface area contributed by atoms with Gasteiger partial charge in [0.05, 0.1) is 6.61 Å². The summed E-state index contributed by atoms with van der Waals surface area (Å²) in [4.78, 5) is 50.5. The molecule has 11 heteroatoms. The lowest BCUT2D eigenvalue weighted by Crippen LogP contribution is -2.64. The lowest BCUT2D eigenvalue weighted by atomic mass is 9.86. The maximum atomic E-state index is 13.2. The van der Waals surface area contributed by atoms with Gasteiger partial charge < -0.3 is 25.6 Å². The molecule has 0 aromatic carbocycles. The maximum Gasteiger partial charge on any atom is 0.409 e. The zero-order valence-electron chi connectivity index (χ0n) is 17.0. The van der Waals surface area contributed by atoms with E-state index in [-0.39, 0.29) is 23.7 Å². The molecule has 1 aromatic rings. The molecule has 4 N–H and O–H groups in total. The molecule has 2 saturated heterocycles. The van der Waals surface area contributed by atoms with Gasteiger partial charge in [0.15, 0.2) is 0 Å². The molecular weight excluding hydrogens is 392 g/mol. The van der Waals surface area contributed by atoms with E-state index < -0.39 is 17.0 Å². The van der Waals surface area contributed by atoms with E-state index >= 15 is 0 Å². The highest BCUT2D eigenvalue weighted by atomic mass is 16.6. The summed E-state index contributed by atoms with van der Waals surface area (Å²) in [6, 6.07) is 2.46. The van der Waals surface area contributed by atoms with Crippen LogP contribution in [0, 0.1) is 0 Å². The Hall–Kier alpha value is -2.95. The van der Waals surface area contributed by atoms with Crippen LogP contribution in [0.3, 0.4) is 0 Å². The number of rotatable bonds is 5. The van der Waals surface area contributed by atoms with Crippen LogP contribution in [-0.2, 0) is 9.53 Å². The standard InChI is InChI=1S/C19H28N6O5/c1-2-30-18(29)25-11-5-13(6-12-25)21-17(28)19(7-9-20-10-8-19)22-16(27)14-3-4-15(26)24-23-14/h3-4,13,20H,2,5-12H2,1H3,(H,21,28)(H,22,27)(H,24,26). The number of piperidine rings is 2. The Morgan fingerprint density at radius 1 is 1.23 bits per heavy atom. The van der Waals surface area contributed by atoms with Crippen molar-refractivity contribution >= 4 is 17.9 Å². The molecule has 2 fully saturated rings. The number of H-pyrrole nitrogens is 1. The third-order valence-corrected chi connectivity index (χ3v) is 5.51. The third-order valence-electron chi connectivity index (χ3n) is 5.51. The first-order chi connectivity index (χ1) is 14.4. The number of hydrogen-bond donors (Lipinski definition) is 4. The molecule has 2 aliphatic rings. The summed E-state index contributed by atoms with van der Waals surface area (Å²) in [6.07, 6.45) is 1.78. The smallest absolute Gasteiger partial charge is 0.409 e. The van der Waals surface area contributed by atoms with Crippen molar-refractivity contribution in [2.24, 2.45) is 0 Å². The van der Waals surface area contributed by atoms with Crippen LogP contribution in [0.4, 0.5) is 4.79 Å². The van der Waals surface area contributed by atoms with Gasteiger partial charge in [-0.25, -0.2) is 9.89 Å². The molecule has 0 atom stereocenters. The van der Waals surface area contributed by atoms with Crippen molar-refractivity contribution in [1.29, 1.82) is 0 Å². The quantitative estimate of drug-likeness (QED) is 0.496. The van der Waals surface area contributed by atoms with E-state index in [1.807, 2.05) is 0 Å². The highest BCUT2D eigenvalue weighted by molar-refractivity contribution is 5.98. The first-order valence-corrected chi connectivity index (χ1v) is 10.2. The Morgan fingerprint density at radius 2 is 1.93 bits per heavy atom. The molecule has 1 aromatic heterocycles. The summed E-state index contributed by atoms with van der Waals surface area (Å²) in [5.41, 5.74) is -1.42. The van der Waals surface area contributed by atoms with Crippen molar-refractivity contribution in [3.8, 4) is 0 Å². The van der Waals surface area contributed by atoms with E-state index in [9.17, 15) is 19.2 Å². The summed E-state index contributed by atoms with van der Waals surface area (Å²) < 4.78 is 5.02. The number of hydrogen-bond acceptors (Lipinski definition) is 7. The van der Waals surface area contributed by atoms with Crippen molar-refractivity contribution in [3.63, 3.8) is 0 Å². The molecule has 3 heterocycles. The summed E-state index contributed by atoms with van der Waals surface area (Å²) in [5.74, 6) is -0.753. The fourth-order valence-corrected chi connectivity index (χ4v) is 3.76. The first kappa shape index (κ1) is 21.8. The third kappa shape index (κ3) is 5.15.